The monoisotopic (exact) mass is 295 g/mol. The molecule has 110 valence electrons. The van der Waals surface area contributed by atoms with Crippen LogP contribution >= 0.6 is 11.6 Å². The maximum absolute atomic E-state index is 12.4. The normalized spacial score (nSPS) is 25.9. The number of hydrogen-bond donors (Lipinski definition) is 1. The predicted octanol–water partition coefficient (Wildman–Crippen LogP) is 3.15. The maximum Gasteiger partial charge on any atom is 0.291 e. The molecule has 1 aromatic heterocycles. The number of nitrogens with zero attached hydrogens (tertiary/aromatic N) is 2. The molecule has 2 unspecified atom stereocenters. The van der Waals surface area contributed by atoms with Crippen LogP contribution in [0.1, 0.15) is 39.0 Å². The maximum atomic E-state index is 12.4. The van der Waals surface area contributed by atoms with Gasteiger partial charge >= 0.3 is 0 Å². The highest BCUT2D eigenvalue weighted by atomic mass is 35.5. The van der Waals surface area contributed by atoms with E-state index in [-0.39, 0.29) is 5.56 Å². The molecule has 0 radical (unpaired) electrons. The number of rotatable bonds is 5. The zero-order valence-electron chi connectivity index (χ0n) is 11.9. The second kappa shape index (κ2) is 5.76. The van der Waals surface area contributed by atoms with Gasteiger partial charge in [-0.3, -0.25) is 4.79 Å². The lowest BCUT2D eigenvalue weighted by atomic mass is 9.98. The number of halogens is 1. The summed E-state index contributed by atoms with van der Waals surface area (Å²) in [4.78, 5) is 12.4. The summed E-state index contributed by atoms with van der Waals surface area (Å²) in [6.45, 7) is 3.85. The average Bonchev–Trinajstić information content (AvgIpc) is 3.15. The van der Waals surface area contributed by atoms with E-state index in [9.17, 15) is 4.79 Å². The van der Waals surface area contributed by atoms with E-state index < -0.39 is 0 Å². The van der Waals surface area contributed by atoms with Crippen molar-refractivity contribution in [3.63, 3.8) is 0 Å². The van der Waals surface area contributed by atoms with Gasteiger partial charge in [0.1, 0.15) is 5.69 Å². The number of hydrogen-bond acceptors (Lipinski definition) is 3. The average molecular weight is 296 g/mol. The van der Waals surface area contributed by atoms with Crippen LogP contribution in [0.25, 0.3) is 0 Å². The van der Waals surface area contributed by atoms with Gasteiger partial charge in [-0.25, -0.2) is 4.68 Å². The van der Waals surface area contributed by atoms with Gasteiger partial charge in [-0.2, -0.15) is 5.10 Å². The summed E-state index contributed by atoms with van der Waals surface area (Å²) in [6.07, 6.45) is 7.84. The Bertz CT molecular complexity index is 538. The Balaban J connectivity index is 1.72. The lowest BCUT2D eigenvalue weighted by molar-refractivity contribution is 0.439. The van der Waals surface area contributed by atoms with Crippen LogP contribution in [-0.4, -0.2) is 16.3 Å². The van der Waals surface area contributed by atoms with Crippen molar-refractivity contribution in [1.29, 1.82) is 0 Å². The first-order valence-corrected chi connectivity index (χ1v) is 8.02. The molecule has 1 heterocycles. The Morgan fingerprint density at radius 2 is 2.20 bits per heavy atom. The minimum Gasteiger partial charge on any atom is -0.379 e. The van der Waals surface area contributed by atoms with Crippen molar-refractivity contribution in [2.24, 2.45) is 17.8 Å². The zero-order chi connectivity index (χ0) is 14.1. The summed E-state index contributed by atoms with van der Waals surface area (Å²) in [5.41, 5.74) is 0.455. The van der Waals surface area contributed by atoms with Crippen molar-refractivity contribution in [1.82, 2.24) is 9.78 Å². The Kier molecular flexibility index (Phi) is 4.01. The molecule has 3 rings (SSSR count). The number of anilines is 1. The Morgan fingerprint density at radius 1 is 1.40 bits per heavy atom. The van der Waals surface area contributed by atoms with Gasteiger partial charge in [0.15, 0.2) is 0 Å². The van der Waals surface area contributed by atoms with Crippen LogP contribution in [-0.2, 0) is 6.54 Å². The van der Waals surface area contributed by atoms with Gasteiger partial charge in [-0.05, 0) is 37.0 Å². The molecular weight excluding hydrogens is 274 g/mol. The van der Waals surface area contributed by atoms with E-state index in [0.29, 0.717) is 22.5 Å². The molecule has 0 amide bonds. The minimum absolute atomic E-state index is 0.0740. The summed E-state index contributed by atoms with van der Waals surface area (Å²) >= 11 is 6.14. The molecule has 20 heavy (non-hydrogen) atoms. The molecule has 1 N–H and O–H groups in total. The zero-order valence-corrected chi connectivity index (χ0v) is 12.7. The van der Waals surface area contributed by atoms with Crippen molar-refractivity contribution in [3.8, 4) is 0 Å². The van der Waals surface area contributed by atoms with Gasteiger partial charge in [0.05, 0.1) is 11.2 Å². The van der Waals surface area contributed by atoms with Gasteiger partial charge in [0.2, 0.25) is 0 Å². The molecule has 0 saturated heterocycles. The van der Waals surface area contributed by atoms with Crippen LogP contribution < -0.4 is 10.9 Å². The van der Waals surface area contributed by atoms with Crippen LogP contribution in [0.5, 0.6) is 0 Å². The molecule has 2 fully saturated rings. The highest BCUT2D eigenvalue weighted by Gasteiger charge is 2.25. The quantitative estimate of drug-likeness (QED) is 0.908. The van der Waals surface area contributed by atoms with E-state index in [4.69, 9.17) is 11.6 Å². The molecule has 0 spiro atoms. The third-order valence-corrected chi connectivity index (χ3v) is 4.99. The fourth-order valence-corrected chi connectivity index (χ4v) is 3.25. The third-order valence-electron chi connectivity index (χ3n) is 4.71. The second-order valence-electron chi connectivity index (χ2n) is 6.35. The SMILES string of the molecule is CC1CCCC1CNc1c(Cl)cnn(CC2CC2)c1=O. The van der Waals surface area contributed by atoms with Crippen LogP contribution in [0.4, 0.5) is 5.69 Å². The standard InChI is InChI=1S/C15H22ClN3O/c1-10-3-2-4-12(10)7-17-14-13(16)8-18-19(15(14)20)9-11-5-6-11/h8,10-12,17H,2-7,9H2,1H3. The van der Waals surface area contributed by atoms with Crippen molar-refractivity contribution in [3.05, 3.63) is 21.6 Å². The van der Waals surface area contributed by atoms with Crippen LogP contribution in [0.15, 0.2) is 11.0 Å². The van der Waals surface area contributed by atoms with Gasteiger partial charge < -0.3 is 5.32 Å². The van der Waals surface area contributed by atoms with Gasteiger partial charge in [0, 0.05) is 13.1 Å². The highest BCUT2D eigenvalue weighted by molar-refractivity contribution is 6.32. The summed E-state index contributed by atoms with van der Waals surface area (Å²) in [6, 6.07) is 0. The Labute approximate surface area is 124 Å². The smallest absolute Gasteiger partial charge is 0.291 e. The third kappa shape index (κ3) is 3.00. The number of nitrogens with one attached hydrogen (secondary N) is 1. The van der Waals surface area contributed by atoms with Gasteiger partial charge in [-0.15, -0.1) is 0 Å². The fourth-order valence-electron chi connectivity index (χ4n) is 3.06. The molecule has 1 aromatic rings. The molecule has 2 aliphatic rings. The first kappa shape index (κ1) is 13.9. The van der Waals surface area contributed by atoms with Crippen molar-refractivity contribution in [2.75, 3.05) is 11.9 Å². The fraction of sp³-hybridized carbons (Fsp3) is 0.733. The summed E-state index contributed by atoms with van der Waals surface area (Å²) in [7, 11) is 0. The van der Waals surface area contributed by atoms with E-state index >= 15 is 0 Å². The summed E-state index contributed by atoms with van der Waals surface area (Å²) < 4.78 is 1.56. The van der Waals surface area contributed by atoms with E-state index in [1.54, 1.807) is 10.9 Å². The van der Waals surface area contributed by atoms with Crippen molar-refractivity contribution >= 4 is 17.3 Å². The van der Waals surface area contributed by atoms with E-state index in [0.717, 1.165) is 19.0 Å². The molecule has 2 saturated carbocycles. The van der Waals surface area contributed by atoms with Crippen LogP contribution in [0, 0.1) is 17.8 Å². The van der Waals surface area contributed by atoms with Crippen LogP contribution in [0.3, 0.4) is 0 Å². The predicted molar refractivity (Wildman–Crippen MR) is 81.2 cm³/mol. The van der Waals surface area contributed by atoms with E-state index in [1.807, 2.05) is 0 Å². The van der Waals surface area contributed by atoms with E-state index in [1.165, 1.54) is 32.1 Å². The van der Waals surface area contributed by atoms with Crippen molar-refractivity contribution < 1.29 is 0 Å². The van der Waals surface area contributed by atoms with E-state index in [2.05, 4.69) is 17.3 Å². The molecule has 0 aromatic carbocycles. The molecule has 0 bridgehead atoms. The first-order chi connectivity index (χ1) is 9.65. The topological polar surface area (TPSA) is 46.9 Å². The lowest BCUT2D eigenvalue weighted by Gasteiger charge is -2.17. The van der Waals surface area contributed by atoms with Crippen molar-refractivity contribution in [2.45, 2.75) is 45.6 Å². The minimum atomic E-state index is -0.0740. The molecule has 2 aliphatic carbocycles. The summed E-state index contributed by atoms with van der Waals surface area (Å²) in [5, 5.41) is 7.87. The second-order valence-corrected chi connectivity index (χ2v) is 6.75. The molecule has 0 aliphatic heterocycles. The summed E-state index contributed by atoms with van der Waals surface area (Å²) in [5.74, 6) is 2.01. The Hall–Kier alpha value is -1.03. The van der Waals surface area contributed by atoms with Crippen LogP contribution in [0.2, 0.25) is 5.02 Å². The molecule has 4 nitrogen and oxygen atoms in total. The molecule has 2 atom stereocenters. The molecule has 5 heteroatoms. The first-order valence-electron chi connectivity index (χ1n) is 7.64. The Morgan fingerprint density at radius 3 is 2.85 bits per heavy atom. The van der Waals surface area contributed by atoms with Gasteiger partial charge in [0.25, 0.3) is 5.56 Å². The largest absolute Gasteiger partial charge is 0.379 e. The number of aromatic nitrogens is 2. The highest BCUT2D eigenvalue weighted by Crippen LogP contribution is 2.32. The molecular formula is C15H22ClN3O. The lowest BCUT2D eigenvalue weighted by Crippen LogP contribution is -2.28. The van der Waals surface area contributed by atoms with Gasteiger partial charge in [-0.1, -0.05) is 31.4 Å².